The molecule has 4 aromatic rings. The average Bonchev–Trinajstić information content (AvgIpc) is 3.19. The summed E-state index contributed by atoms with van der Waals surface area (Å²) in [4.78, 5) is 24.2. The number of hydrogen-bond acceptors (Lipinski definition) is 6. The van der Waals surface area contributed by atoms with E-state index in [0.29, 0.717) is 28.7 Å². The summed E-state index contributed by atoms with van der Waals surface area (Å²) in [5.41, 5.74) is 3.33. The van der Waals surface area contributed by atoms with Crippen molar-refractivity contribution in [1.82, 2.24) is 9.97 Å². The lowest BCUT2D eigenvalue weighted by Crippen LogP contribution is -2.30. The molecule has 1 amide bonds. The van der Waals surface area contributed by atoms with Gasteiger partial charge < -0.3 is 9.47 Å². The predicted octanol–water partition coefficient (Wildman–Crippen LogP) is 4.86. The summed E-state index contributed by atoms with van der Waals surface area (Å²) >= 11 is 1.49. The number of methoxy groups -OCH3 is 2. The molecule has 0 aliphatic heterocycles. The van der Waals surface area contributed by atoms with Crippen LogP contribution in [0.2, 0.25) is 0 Å². The lowest BCUT2D eigenvalue weighted by molar-refractivity contribution is 0.0981. The number of carbonyl (C=O) groups excluding carboxylic acids is 1. The molecular weight excluding hydrogens is 398 g/mol. The van der Waals surface area contributed by atoms with Gasteiger partial charge in [0.2, 0.25) is 0 Å². The third-order valence-electron chi connectivity index (χ3n) is 4.71. The fourth-order valence-electron chi connectivity index (χ4n) is 3.24. The molecule has 0 bridgehead atoms. The van der Waals surface area contributed by atoms with Gasteiger partial charge in [-0.05, 0) is 48.4 Å². The first-order valence-corrected chi connectivity index (χ1v) is 10.2. The van der Waals surface area contributed by atoms with Crippen LogP contribution in [-0.4, -0.2) is 30.1 Å². The van der Waals surface area contributed by atoms with E-state index in [9.17, 15) is 4.79 Å². The first-order chi connectivity index (χ1) is 14.6. The van der Waals surface area contributed by atoms with Crippen LogP contribution in [0.5, 0.6) is 11.5 Å². The van der Waals surface area contributed by atoms with Crippen molar-refractivity contribution >= 4 is 32.6 Å². The van der Waals surface area contributed by atoms with E-state index >= 15 is 0 Å². The molecule has 0 unspecified atom stereocenters. The summed E-state index contributed by atoms with van der Waals surface area (Å²) in [7, 11) is 3.08. The van der Waals surface area contributed by atoms with Gasteiger partial charge in [0.1, 0.15) is 0 Å². The highest BCUT2D eigenvalue weighted by Crippen LogP contribution is 2.35. The summed E-state index contributed by atoms with van der Waals surface area (Å²) in [6, 6.07) is 15.1. The smallest absolute Gasteiger partial charge is 0.264 e. The van der Waals surface area contributed by atoms with Gasteiger partial charge in [-0.25, -0.2) is 4.98 Å². The highest BCUT2D eigenvalue weighted by molar-refractivity contribution is 7.22. The molecule has 0 aliphatic rings. The van der Waals surface area contributed by atoms with Crippen LogP contribution in [0.4, 0.5) is 5.13 Å². The summed E-state index contributed by atoms with van der Waals surface area (Å²) in [6.07, 6.45) is 3.46. The standard InChI is InChI=1S/C23H21N3O3S/c1-15-9-10-18-20(12-15)30-23(25-18)26(14-16-6-5-11-24-13-16)22(27)17-7-4-8-19(28-2)21(17)29-3/h4-13H,14H2,1-3H3. The van der Waals surface area contributed by atoms with Gasteiger partial charge in [-0.3, -0.25) is 14.7 Å². The number of rotatable bonds is 6. The Hall–Kier alpha value is -3.45. The second-order valence-electron chi connectivity index (χ2n) is 6.76. The van der Waals surface area contributed by atoms with Crippen molar-refractivity contribution in [3.05, 3.63) is 77.6 Å². The quantitative estimate of drug-likeness (QED) is 0.446. The molecule has 0 radical (unpaired) electrons. The van der Waals surface area contributed by atoms with Crippen molar-refractivity contribution in [2.45, 2.75) is 13.5 Å². The number of pyridine rings is 1. The Morgan fingerprint density at radius 2 is 1.97 bits per heavy atom. The zero-order valence-electron chi connectivity index (χ0n) is 17.0. The summed E-state index contributed by atoms with van der Waals surface area (Å²) in [6.45, 7) is 2.38. The van der Waals surface area contributed by atoms with Crippen LogP contribution in [0.15, 0.2) is 60.9 Å². The van der Waals surface area contributed by atoms with Crippen molar-refractivity contribution < 1.29 is 14.3 Å². The number of thiazole rings is 1. The number of fused-ring (bicyclic) bond motifs is 1. The second-order valence-corrected chi connectivity index (χ2v) is 7.77. The minimum atomic E-state index is -0.217. The van der Waals surface area contributed by atoms with Crippen molar-refractivity contribution in [3.8, 4) is 11.5 Å². The van der Waals surface area contributed by atoms with Crippen LogP contribution in [0.3, 0.4) is 0 Å². The van der Waals surface area contributed by atoms with Crippen molar-refractivity contribution in [2.24, 2.45) is 0 Å². The lowest BCUT2D eigenvalue weighted by Gasteiger charge is -2.21. The van der Waals surface area contributed by atoms with Crippen LogP contribution < -0.4 is 14.4 Å². The molecule has 2 aromatic carbocycles. The molecule has 7 heteroatoms. The zero-order valence-corrected chi connectivity index (χ0v) is 17.8. The number of hydrogen-bond donors (Lipinski definition) is 0. The van der Waals surface area contributed by atoms with Gasteiger partial charge in [0.25, 0.3) is 5.91 Å². The largest absolute Gasteiger partial charge is 0.493 e. The van der Waals surface area contributed by atoms with Gasteiger partial charge in [-0.2, -0.15) is 0 Å². The van der Waals surface area contributed by atoms with Crippen molar-refractivity contribution in [2.75, 3.05) is 19.1 Å². The Morgan fingerprint density at radius 3 is 2.70 bits per heavy atom. The topological polar surface area (TPSA) is 64.5 Å². The minimum Gasteiger partial charge on any atom is -0.493 e. The molecule has 2 heterocycles. The highest BCUT2D eigenvalue weighted by atomic mass is 32.1. The normalized spacial score (nSPS) is 10.8. The van der Waals surface area contributed by atoms with E-state index in [1.807, 2.05) is 31.2 Å². The summed E-state index contributed by atoms with van der Waals surface area (Å²) in [5, 5.41) is 0.620. The number of para-hydroxylation sites is 1. The Morgan fingerprint density at radius 1 is 1.10 bits per heavy atom. The van der Waals surface area contributed by atoms with Crippen LogP contribution in [0.1, 0.15) is 21.5 Å². The molecule has 30 heavy (non-hydrogen) atoms. The van der Waals surface area contributed by atoms with E-state index in [0.717, 1.165) is 21.3 Å². The van der Waals surface area contributed by atoms with Crippen LogP contribution in [-0.2, 0) is 6.54 Å². The van der Waals surface area contributed by atoms with Crippen molar-refractivity contribution in [3.63, 3.8) is 0 Å². The minimum absolute atomic E-state index is 0.217. The van der Waals surface area contributed by atoms with Gasteiger partial charge in [0.05, 0.1) is 36.5 Å². The summed E-state index contributed by atoms with van der Waals surface area (Å²) < 4.78 is 11.9. The Balaban J connectivity index is 1.81. The van der Waals surface area contributed by atoms with E-state index in [4.69, 9.17) is 14.5 Å². The molecule has 0 saturated carbocycles. The molecule has 0 spiro atoms. The fourth-order valence-corrected chi connectivity index (χ4v) is 4.30. The number of ether oxygens (including phenoxy) is 2. The van der Waals surface area contributed by atoms with E-state index in [1.54, 1.807) is 42.6 Å². The Labute approximate surface area is 178 Å². The molecule has 0 atom stereocenters. The van der Waals surface area contributed by atoms with Gasteiger partial charge in [-0.1, -0.05) is 29.5 Å². The average molecular weight is 420 g/mol. The SMILES string of the molecule is COc1cccc(C(=O)N(Cc2cccnc2)c2nc3ccc(C)cc3s2)c1OC. The first-order valence-electron chi connectivity index (χ1n) is 9.39. The highest BCUT2D eigenvalue weighted by Gasteiger charge is 2.26. The maximum Gasteiger partial charge on any atom is 0.264 e. The molecule has 0 saturated heterocycles. The van der Waals surface area contributed by atoms with E-state index in [-0.39, 0.29) is 5.91 Å². The number of nitrogens with zero attached hydrogens (tertiary/aromatic N) is 3. The Kier molecular flexibility index (Phi) is 5.63. The third-order valence-corrected chi connectivity index (χ3v) is 5.75. The Bertz CT molecular complexity index is 1190. The number of amides is 1. The van der Waals surface area contributed by atoms with Crippen LogP contribution in [0.25, 0.3) is 10.2 Å². The number of anilines is 1. The molecule has 0 aliphatic carbocycles. The van der Waals surface area contributed by atoms with Gasteiger partial charge in [-0.15, -0.1) is 0 Å². The zero-order chi connectivity index (χ0) is 21.1. The van der Waals surface area contributed by atoms with Gasteiger partial charge in [0, 0.05) is 12.4 Å². The van der Waals surface area contributed by atoms with E-state index in [1.165, 1.54) is 18.4 Å². The molecule has 6 nitrogen and oxygen atoms in total. The third kappa shape index (κ3) is 3.84. The van der Waals surface area contributed by atoms with Crippen molar-refractivity contribution in [1.29, 1.82) is 0 Å². The van der Waals surface area contributed by atoms with Gasteiger partial charge >= 0.3 is 0 Å². The second kappa shape index (κ2) is 8.51. The van der Waals surface area contributed by atoms with Crippen LogP contribution >= 0.6 is 11.3 Å². The molecule has 4 rings (SSSR count). The monoisotopic (exact) mass is 419 g/mol. The maximum atomic E-state index is 13.7. The lowest BCUT2D eigenvalue weighted by atomic mass is 10.1. The molecular formula is C23H21N3O3S. The van der Waals surface area contributed by atoms with E-state index < -0.39 is 0 Å². The van der Waals surface area contributed by atoms with E-state index in [2.05, 4.69) is 11.1 Å². The van der Waals surface area contributed by atoms with Crippen LogP contribution in [0, 0.1) is 6.92 Å². The summed E-state index contributed by atoms with van der Waals surface area (Å²) in [5.74, 6) is 0.688. The fraction of sp³-hybridized carbons (Fsp3) is 0.174. The maximum absolute atomic E-state index is 13.7. The van der Waals surface area contributed by atoms with Gasteiger partial charge in [0.15, 0.2) is 16.6 Å². The number of benzene rings is 2. The number of aryl methyl sites for hydroxylation is 1. The first kappa shape index (κ1) is 19.8. The molecule has 2 aromatic heterocycles. The number of carbonyl (C=O) groups is 1. The predicted molar refractivity (Wildman–Crippen MR) is 119 cm³/mol. The molecule has 152 valence electrons. The number of aromatic nitrogens is 2. The molecule has 0 fully saturated rings. The molecule has 0 N–H and O–H groups in total.